The van der Waals surface area contributed by atoms with E-state index in [0.29, 0.717) is 35.9 Å². The van der Waals surface area contributed by atoms with Crippen LogP contribution >= 0.6 is 11.6 Å². The van der Waals surface area contributed by atoms with E-state index in [1.165, 1.54) is 4.31 Å². The number of benzene rings is 2. The summed E-state index contributed by atoms with van der Waals surface area (Å²) in [7, 11) is -3.26. The van der Waals surface area contributed by atoms with Gasteiger partial charge in [-0.25, -0.2) is 13.2 Å². The number of hydrogen-bond donors (Lipinski definition) is 2. The summed E-state index contributed by atoms with van der Waals surface area (Å²) in [5.74, 6) is 0.157. The van der Waals surface area contributed by atoms with E-state index < -0.39 is 10.0 Å². The summed E-state index contributed by atoms with van der Waals surface area (Å²) in [6, 6.07) is 12.1. The van der Waals surface area contributed by atoms with Gasteiger partial charge in [-0.1, -0.05) is 29.8 Å². The Morgan fingerprint density at radius 1 is 1.23 bits per heavy atom. The predicted molar refractivity (Wildman–Crippen MR) is 104 cm³/mol. The lowest BCUT2D eigenvalue weighted by Gasteiger charge is -2.19. The van der Waals surface area contributed by atoms with Crippen LogP contribution in [0.3, 0.4) is 0 Å². The third-order valence-corrected chi connectivity index (χ3v) is 6.30. The minimum absolute atomic E-state index is 0.157. The van der Waals surface area contributed by atoms with Gasteiger partial charge in [0.2, 0.25) is 10.0 Å². The van der Waals surface area contributed by atoms with Crippen LogP contribution < -0.4 is 14.9 Å². The molecule has 1 saturated heterocycles. The predicted octanol–water partition coefficient (Wildman–Crippen LogP) is 3.51. The smallest absolute Gasteiger partial charge is 0.319 e. The molecule has 0 aromatic heterocycles. The summed E-state index contributed by atoms with van der Waals surface area (Å²) in [5, 5.41) is 6.16. The molecule has 0 spiro atoms. The van der Waals surface area contributed by atoms with Crippen molar-refractivity contribution in [3.05, 3.63) is 58.6 Å². The molecule has 0 aliphatic carbocycles. The van der Waals surface area contributed by atoms with Crippen LogP contribution in [-0.4, -0.2) is 26.7 Å². The quantitative estimate of drug-likeness (QED) is 0.834. The van der Waals surface area contributed by atoms with Gasteiger partial charge in [0.15, 0.2) is 0 Å². The third kappa shape index (κ3) is 4.28. The lowest BCUT2D eigenvalue weighted by molar-refractivity contribution is 0.251. The number of aryl methyl sites for hydroxylation is 1. The summed E-state index contributed by atoms with van der Waals surface area (Å²) < 4.78 is 25.6. The maximum Gasteiger partial charge on any atom is 0.319 e. The second-order valence-electron chi connectivity index (χ2n) is 6.18. The number of carbonyl (C=O) groups excluding carboxylic acids is 1. The van der Waals surface area contributed by atoms with Crippen LogP contribution in [0.5, 0.6) is 0 Å². The minimum Gasteiger partial charge on any atom is -0.334 e. The van der Waals surface area contributed by atoms with Gasteiger partial charge in [0, 0.05) is 23.8 Å². The SMILES string of the molecule is Cc1ccc(N2CCCS2(=O)=O)cc1NC(=O)NCc1cccc(Cl)c1. The van der Waals surface area contributed by atoms with Crippen molar-refractivity contribution in [1.29, 1.82) is 0 Å². The lowest BCUT2D eigenvalue weighted by Crippen LogP contribution is -2.29. The highest BCUT2D eigenvalue weighted by molar-refractivity contribution is 7.93. The molecule has 0 atom stereocenters. The third-order valence-electron chi connectivity index (χ3n) is 4.20. The fourth-order valence-corrected chi connectivity index (χ4v) is 4.59. The average Bonchev–Trinajstić information content (AvgIpc) is 2.94. The number of sulfonamides is 1. The number of hydrogen-bond acceptors (Lipinski definition) is 3. The number of rotatable bonds is 4. The van der Waals surface area contributed by atoms with E-state index in [1.54, 1.807) is 30.3 Å². The number of nitrogens with zero attached hydrogens (tertiary/aromatic N) is 1. The van der Waals surface area contributed by atoms with Gasteiger partial charge in [-0.05, 0) is 48.7 Å². The summed E-state index contributed by atoms with van der Waals surface area (Å²) in [5.41, 5.74) is 2.89. The van der Waals surface area contributed by atoms with Crippen molar-refractivity contribution in [2.24, 2.45) is 0 Å². The molecule has 6 nitrogen and oxygen atoms in total. The molecular weight excluding hydrogens is 374 g/mol. The Balaban J connectivity index is 1.69. The molecule has 0 saturated carbocycles. The molecule has 138 valence electrons. The Labute approximate surface area is 158 Å². The largest absolute Gasteiger partial charge is 0.334 e. The molecule has 0 bridgehead atoms. The van der Waals surface area contributed by atoms with Crippen LogP contribution in [0.15, 0.2) is 42.5 Å². The Hall–Kier alpha value is -2.25. The lowest BCUT2D eigenvalue weighted by atomic mass is 10.2. The molecular formula is C18H20ClN3O3S. The number of anilines is 2. The van der Waals surface area contributed by atoms with E-state index in [4.69, 9.17) is 11.6 Å². The molecule has 2 aromatic carbocycles. The van der Waals surface area contributed by atoms with Crippen LogP contribution in [-0.2, 0) is 16.6 Å². The molecule has 3 rings (SSSR count). The Kier molecular flexibility index (Phi) is 5.38. The zero-order valence-corrected chi connectivity index (χ0v) is 15.9. The van der Waals surface area contributed by atoms with Crippen molar-refractivity contribution in [2.75, 3.05) is 21.9 Å². The number of nitrogens with one attached hydrogen (secondary N) is 2. The maximum absolute atomic E-state index is 12.2. The zero-order valence-electron chi connectivity index (χ0n) is 14.3. The van der Waals surface area contributed by atoms with Crippen molar-refractivity contribution in [1.82, 2.24) is 5.32 Å². The standard InChI is InChI=1S/C18H20ClN3O3S/c1-13-6-7-16(22-8-3-9-26(22,24)25)11-17(13)21-18(23)20-12-14-4-2-5-15(19)10-14/h2,4-7,10-11H,3,8-9,12H2,1H3,(H2,20,21,23). The summed E-state index contributed by atoms with van der Waals surface area (Å²) in [6.45, 7) is 2.66. The van der Waals surface area contributed by atoms with Crippen molar-refractivity contribution < 1.29 is 13.2 Å². The van der Waals surface area contributed by atoms with Crippen molar-refractivity contribution in [3.8, 4) is 0 Å². The summed E-state index contributed by atoms with van der Waals surface area (Å²) >= 11 is 5.93. The molecule has 26 heavy (non-hydrogen) atoms. The van der Waals surface area contributed by atoms with E-state index in [2.05, 4.69) is 10.6 Å². The Morgan fingerprint density at radius 3 is 2.73 bits per heavy atom. The van der Waals surface area contributed by atoms with E-state index in [1.807, 2.05) is 19.1 Å². The molecule has 1 heterocycles. The topological polar surface area (TPSA) is 78.5 Å². The first-order chi connectivity index (χ1) is 12.3. The molecule has 0 radical (unpaired) electrons. The van der Waals surface area contributed by atoms with E-state index in [-0.39, 0.29) is 11.8 Å². The molecule has 1 fully saturated rings. The Morgan fingerprint density at radius 2 is 2.04 bits per heavy atom. The summed E-state index contributed by atoms with van der Waals surface area (Å²) in [6.07, 6.45) is 0.610. The fourth-order valence-electron chi connectivity index (χ4n) is 2.83. The minimum atomic E-state index is -3.26. The van der Waals surface area contributed by atoms with Crippen LogP contribution in [0.1, 0.15) is 17.5 Å². The van der Waals surface area contributed by atoms with E-state index >= 15 is 0 Å². The number of urea groups is 1. The second kappa shape index (κ2) is 7.55. The number of carbonyl (C=O) groups is 1. The molecule has 0 unspecified atom stereocenters. The van der Waals surface area contributed by atoms with E-state index in [9.17, 15) is 13.2 Å². The van der Waals surface area contributed by atoms with E-state index in [0.717, 1.165) is 11.1 Å². The average molecular weight is 394 g/mol. The highest BCUT2D eigenvalue weighted by Crippen LogP contribution is 2.28. The van der Waals surface area contributed by atoms with Gasteiger partial charge in [-0.3, -0.25) is 4.31 Å². The highest BCUT2D eigenvalue weighted by atomic mass is 35.5. The molecule has 1 aliphatic heterocycles. The molecule has 2 aromatic rings. The molecule has 8 heteroatoms. The van der Waals surface area contributed by atoms with Gasteiger partial charge in [-0.15, -0.1) is 0 Å². The first kappa shape index (κ1) is 18.5. The fraction of sp³-hybridized carbons (Fsp3) is 0.278. The van der Waals surface area contributed by atoms with Crippen molar-refractivity contribution in [2.45, 2.75) is 19.9 Å². The molecule has 2 amide bonds. The Bertz CT molecular complexity index is 931. The summed E-state index contributed by atoms with van der Waals surface area (Å²) in [4.78, 5) is 12.2. The first-order valence-corrected chi connectivity index (χ1v) is 10.2. The van der Waals surface area contributed by atoms with Gasteiger partial charge in [0.25, 0.3) is 0 Å². The second-order valence-corrected chi connectivity index (χ2v) is 8.63. The van der Waals surface area contributed by atoms with Gasteiger partial charge < -0.3 is 10.6 Å². The van der Waals surface area contributed by atoms with Crippen LogP contribution in [0.25, 0.3) is 0 Å². The van der Waals surface area contributed by atoms with Crippen LogP contribution in [0.2, 0.25) is 5.02 Å². The van der Waals surface area contributed by atoms with Crippen molar-refractivity contribution in [3.63, 3.8) is 0 Å². The molecule has 2 N–H and O–H groups in total. The van der Waals surface area contributed by atoms with Gasteiger partial charge in [0.1, 0.15) is 0 Å². The molecule has 1 aliphatic rings. The zero-order chi connectivity index (χ0) is 18.7. The van der Waals surface area contributed by atoms with Gasteiger partial charge >= 0.3 is 6.03 Å². The number of halogens is 1. The van der Waals surface area contributed by atoms with Gasteiger partial charge in [-0.2, -0.15) is 0 Å². The van der Waals surface area contributed by atoms with Gasteiger partial charge in [0.05, 0.1) is 11.4 Å². The number of amides is 2. The maximum atomic E-state index is 12.2. The van der Waals surface area contributed by atoms with Crippen LogP contribution in [0.4, 0.5) is 16.2 Å². The highest BCUT2D eigenvalue weighted by Gasteiger charge is 2.28. The normalized spacial score (nSPS) is 15.7. The monoisotopic (exact) mass is 393 g/mol. The van der Waals surface area contributed by atoms with Crippen molar-refractivity contribution >= 4 is 39.0 Å². The first-order valence-electron chi connectivity index (χ1n) is 8.25. The van der Waals surface area contributed by atoms with Crippen LogP contribution in [0, 0.1) is 6.92 Å².